The van der Waals surface area contributed by atoms with E-state index in [1.807, 2.05) is 6.92 Å². The molecule has 0 spiro atoms. The molecule has 0 unspecified atom stereocenters. The Balaban J connectivity index is 2.63. The van der Waals surface area contributed by atoms with Crippen molar-refractivity contribution in [2.24, 2.45) is 5.14 Å². The third-order valence-corrected chi connectivity index (χ3v) is 3.70. The number of rotatable bonds is 4. The lowest BCUT2D eigenvalue weighted by Gasteiger charge is -2.07. The summed E-state index contributed by atoms with van der Waals surface area (Å²) in [6.45, 7) is 3.65. The molecule has 1 aromatic heterocycles. The number of aromatic nitrogens is 2. The van der Waals surface area contributed by atoms with Crippen LogP contribution in [0, 0.1) is 6.92 Å². The molecular formula is C13H15N3O4S. The number of benzene rings is 1. The molecule has 1 heterocycles. The van der Waals surface area contributed by atoms with Crippen LogP contribution >= 0.6 is 0 Å². The summed E-state index contributed by atoms with van der Waals surface area (Å²) >= 11 is 0. The van der Waals surface area contributed by atoms with Gasteiger partial charge in [-0.05, 0) is 26.0 Å². The molecule has 7 nitrogen and oxygen atoms in total. The average Bonchev–Trinajstić information content (AvgIpc) is 2.84. The van der Waals surface area contributed by atoms with E-state index in [9.17, 15) is 13.2 Å². The zero-order valence-electron chi connectivity index (χ0n) is 11.6. The normalized spacial score (nSPS) is 11.4. The van der Waals surface area contributed by atoms with Crippen molar-refractivity contribution in [2.75, 3.05) is 6.61 Å². The van der Waals surface area contributed by atoms with E-state index < -0.39 is 16.0 Å². The summed E-state index contributed by atoms with van der Waals surface area (Å²) in [5.41, 5.74) is 1.31. The molecule has 0 aliphatic heterocycles. The van der Waals surface area contributed by atoms with E-state index in [1.54, 1.807) is 31.2 Å². The van der Waals surface area contributed by atoms with Crippen LogP contribution in [-0.2, 0) is 14.8 Å². The Hall–Kier alpha value is -2.19. The van der Waals surface area contributed by atoms with Crippen LogP contribution in [0.4, 0.5) is 0 Å². The largest absolute Gasteiger partial charge is 0.462 e. The summed E-state index contributed by atoms with van der Waals surface area (Å²) < 4.78 is 29.5. The standard InChI is InChI=1S/C13H15N3O4S/c1-3-20-13(17)11-8-15-16(12(11)21(14,18)19)10-6-4-9(2)5-7-10/h4-8H,3H2,1-2H3,(H2,14,18,19). The number of primary sulfonamides is 1. The quantitative estimate of drug-likeness (QED) is 0.849. The number of nitrogens with two attached hydrogens (primary N) is 1. The number of carbonyl (C=O) groups is 1. The first-order valence-corrected chi connectivity index (χ1v) is 7.74. The van der Waals surface area contributed by atoms with Gasteiger partial charge >= 0.3 is 5.97 Å². The van der Waals surface area contributed by atoms with Gasteiger partial charge in [-0.1, -0.05) is 17.7 Å². The maximum absolute atomic E-state index is 11.8. The molecular weight excluding hydrogens is 294 g/mol. The van der Waals surface area contributed by atoms with Crippen molar-refractivity contribution >= 4 is 16.0 Å². The summed E-state index contributed by atoms with van der Waals surface area (Å²) in [5, 5.41) is 8.77. The highest BCUT2D eigenvalue weighted by molar-refractivity contribution is 7.89. The Labute approximate surface area is 122 Å². The third kappa shape index (κ3) is 3.11. The zero-order valence-corrected chi connectivity index (χ0v) is 12.4. The second kappa shape index (κ2) is 5.66. The lowest BCUT2D eigenvalue weighted by atomic mass is 10.2. The molecule has 2 aromatic rings. The van der Waals surface area contributed by atoms with E-state index in [0.717, 1.165) is 16.4 Å². The van der Waals surface area contributed by atoms with Gasteiger partial charge in [0.2, 0.25) is 0 Å². The van der Waals surface area contributed by atoms with E-state index in [1.165, 1.54) is 0 Å². The molecule has 112 valence electrons. The highest BCUT2D eigenvalue weighted by Gasteiger charge is 2.27. The Bertz CT molecular complexity index is 763. The minimum absolute atomic E-state index is 0.124. The fraction of sp³-hybridized carbons (Fsp3) is 0.231. The minimum atomic E-state index is -4.14. The lowest BCUT2D eigenvalue weighted by Crippen LogP contribution is -2.21. The lowest BCUT2D eigenvalue weighted by molar-refractivity contribution is 0.0521. The number of hydrogen-bond donors (Lipinski definition) is 1. The molecule has 1 aromatic carbocycles. The Morgan fingerprint density at radius 3 is 2.48 bits per heavy atom. The number of esters is 1. The molecule has 0 saturated carbocycles. The number of sulfonamides is 1. The molecule has 0 aliphatic rings. The number of ether oxygens (including phenoxy) is 1. The van der Waals surface area contributed by atoms with Crippen molar-refractivity contribution in [1.82, 2.24) is 9.78 Å². The molecule has 2 N–H and O–H groups in total. The average molecular weight is 309 g/mol. The van der Waals surface area contributed by atoms with Gasteiger partial charge < -0.3 is 4.74 Å². The summed E-state index contributed by atoms with van der Waals surface area (Å²) in [6, 6.07) is 6.97. The van der Waals surface area contributed by atoms with Gasteiger partial charge in [0.25, 0.3) is 10.0 Å². The van der Waals surface area contributed by atoms with Crippen LogP contribution in [0.2, 0.25) is 0 Å². The van der Waals surface area contributed by atoms with Gasteiger partial charge in [-0.25, -0.2) is 23.0 Å². The maximum Gasteiger partial charge on any atom is 0.342 e. The molecule has 0 saturated heterocycles. The molecule has 0 radical (unpaired) electrons. The van der Waals surface area contributed by atoms with Gasteiger partial charge in [0.05, 0.1) is 18.5 Å². The van der Waals surface area contributed by atoms with E-state index in [-0.39, 0.29) is 17.2 Å². The second-order valence-corrected chi connectivity index (χ2v) is 5.85. The van der Waals surface area contributed by atoms with Crippen molar-refractivity contribution in [3.63, 3.8) is 0 Å². The van der Waals surface area contributed by atoms with Gasteiger partial charge in [-0.2, -0.15) is 5.10 Å². The fourth-order valence-corrected chi connectivity index (χ4v) is 2.67. The van der Waals surface area contributed by atoms with E-state index in [2.05, 4.69) is 5.10 Å². The second-order valence-electron chi connectivity index (χ2n) is 4.38. The van der Waals surface area contributed by atoms with Crippen molar-refractivity contribution in [3.8, 4) is 5.69 Å². The summed E-state index contributed by atoms with van der Waals surface area (Å²) in [5.74, 6) is -0.778. The van der Waals surface area contributed by atoms with Crippen molar-refractivity contribution in [3.05, 3.63) is 41.6 Å². The number of aryl methyl sites for hydroxylation is 1. The molecule has 0 fully saturated rings. The molecule has 0 aliphatic carbocycles. The summed E-state index contributed by atoms with van der Waals surface area (Å²) in [7, 11) is -4.14. The van der Waals surface area contributed by atoms with Crippen LogP contribution in [-0.4, -0.2) is 30.8 Å². The van der Waals surface area contributed by atoms with Crippen LogP contribution in [0.15, 0.2) is 35.5 Å². The molecule has 0 atom stereocenters. The van der Waals surface area contributed by atoms with Crippen LogP contribution < -0.4 is 5.14 Å². The number of nitrogens with zero attached hydrogens (tertiary/aromatic N) is 2. The third-order valence-electron chi connectivity index (χ3n) is 2.77. The highest BCUT2D eigenvalue weighted by Crippen LogP contribution is 2.20. The molecule has 21 heavy (non-hydrogen) atoms. The Kier molecular flexibility index (Phi) is 4.10. The Morgan fingerprint density at radius 2 is 1.95 bits per heavy atom. The van der Waals surface area contributed by atoms with Crippen LogP contribution in [0.5, 0.6) is 0 Å². The smallest absolute Gasteiger partial charge is 0.342 e. The van der Waals surface area contributed by atoms with Gasteiger partial charge in [-0.15, -0.1) is 0 Å². The number of carbonyl (C=O) groups excluding carboxylic acids is 1. The maximum atomic E-state index is 11.8. The van der Waals surface area contributed by atoms with Gasteiger partial charge in [0.1, 0.15) is 5.56 Å². The first-order valence-electron chi connectivity index (χ1n) is 6.19. The molecule has 0 bridgehead atoms. The van der Waals surface area contributed by atoms with Crippen molar-refractivity contribution in [1.29, 1.82) is 0 Å². The number of hydrogen-bond acceptors (Lipinski definition) is 5. The van der Waals surface area contributed by atoms with Crippen LogP contribution in [0.3, 0.4) is 0 Å². The van der Waals surface area contributed by atoms with E-state index in [0.29, 0.717) is 5.69 Å². The van der Waals surface area contributed by atoms with Gasteiger partial charge in [0, 0.05) is 0 Å². The SMILES string of the molecule is CCOC(=O)c1cnn(-c2ccc(C)cc2)c1S(N)(=O)=O. The molecule has 8 heteroatoms. The molecule has 0 amide bonds. The summed E-state index contributed by atoms with van der Waals surface area (Å²) in [4.78, 5) is 11.8. The highest BCUT2D eigenvalue weighted by atomic mass is 32.2. The van der Waals surface area contributed by atoms with Crippen molar-refractivity contribution < 1.29 is 17.9 Å². The van der Waals surface area contributed by atoms with Crippen molar-refractivity contribution in [2.45, 2.75) is 18.9 Å². The molecule has 2 rings (SSSR count). The first-order chi connectivity index (χ1) is 9.84. The first kappa shape index (κ1) is 15.2. The van der Waals surface area contributed by atoms with E-state index >= 15 is 0 Å². The topological polar surface area (TPSA) is 104 Å². The minimum Gasteiger partial charge on any atom is -0.462 e. The predicted molar refractivity (Wildman–Crippen MR) is 75.6 cm³/mol. The van der Waals surface area contributed by atoms with Crippen LogP contribution in [0.1, 0.15) is 22.8 Å². The monoisotopic (exact) mass is 309 g/mol. The van der Waals surface area contributed by atoms with Gasteiger partial charge in [0.15, 0.2) is 5.03 Å². The zero-order chi connectivity index (χ0) is 15.6. The van der Waals surface area contributed by atoms with Crippen LogP contribution in [0.25, 0.3) is 5.69 Å². The Morgan fingerprint density at radius 1 is 1.33 bits per heavy atom. The van der Waals surface area contributed by atoms with Gasteiger partial charge in [-0.3, -0.25) is 0 Å². The fourth-order valence-electron chi connectivity index (χ4n) is 1.83. The van der Waals surface area contributed by atoms with E-state index in [4.69, 9.17) is 9.88 Å². The predicted octanol–water partition coefficient (Wildman–Crippen LogP) is 1.00. The summed E-state index contributed by atoms with van der Waals surface area (Å²) in [6.07, 6.45) is 1.14.